The van der Waals surface area contributed by atoms with Gasteiger partial charge in [0.15, 0.2) is 0 Å². The lowest BCUT2D eigenvalue weighted by atomic mass is 10.2. The van der Waals surface area contributed by atoms with E-state index in [4.69, 9.17) is 0 Å². The highest BCUT2D eigenvalue weighted by atomic mass is 32.2. The van der Waals surface area contributed by atoms with Crippen molar-refractivity contribution in [2.24, 2.45) is 5.10 Å². The van der Waals surface area contributed by atoms with E-state index in [0.29, 0.717) is 5.56 Å². The molecular weight excluding hydrogens is 270 g/mol. The Morgan fingerprint density at radius 3 is 2.60 bits per heavy atom. The van der Waals surface area contributed by atoms with Gasteiger partial charge in [-0.1, -0.05) is 0 Å². The Morgan fingerprint density at radius 2 is 1.95 bits per heavy atom. The summed E-state index contributed by atoms with van der Waals surface area (Å²) in [7, 11) is 0. The van der Waals surface area contributed by atoms with Gasteiger partial charge in [0.1, 0.15) is 0 Å². The SMILES string of the molecule is O=C(N/N=C1/CCSC1)c1ccc(-n2cccc2)cc1. The molecule has 0 aliphatic carbocycles. The van der Waals surface area contributed by atoms with Gasteiger partial charge in [-0.2, -0.15) is 16.9 Å². The van der Waals surface area contributed by atoms with E-state index in [2.05, 4.69) is 10.5 Å². The fraction of sp³-hybridized carbons (Fsp3) is 0.200. The van der Waals surface area contributed by atoms with Crippen molar-refractivity contribution in [3.05, 3.63) is 54.4 Å². The minimum Gasteiger partial charge on any atom is -0.324 e. The summed E-state index contributed by atoms with van der Waals surface area (Å²) in [5.41, 5.74) is 5.34. The van der Waals surface area contributed by atoms with Gasteiger partial charge in [0.25, 0.3) is 5.91 Å². The zero-order valence-corrected chi connectivity index (χ0v) is 11.8. The second-order valence-electron chi connectivity index (χ2n) is 4.56. The Hall–Kier alpha value is -2.01. The molecule has 2 heterocycles. The molecule has 1 fully saturated rings. The molecule has 0 atom stereocenters. The highest BCUT2D eigenvalue weighted by Gasteiger charge is 2.10. The molecule has 102 valence electrons. The van der Waals surface area contributed by atoms with Crippen molar-refractivity contribution >= 4 is 23.4 Å². The number of carbonyl (C=O) groups is 1. The molecule has 1 amide bonds. The lowest BCUT2D eigenvalue weighted by Crippen LogP contribution is -2.19. The maximum Gasteiger partial charge on any atom is 0.271 e. The monoisotopic (exact) mass is 285 g/mol. The number of amides is 1. The van der Waals surface area contributed by atoms with Crippen molar-refractivity contribution in [3.63, 3.8) is 0 Å². The summed E-state index contributed by atoms with van der Waals surface area (Å²) in [6.07, 6.45) is 4.91. The Labute approximate surface area is 121 Å². The van der Waals surface area contributed by atoms with E-state index >= 15 is 0 Å². The molecule has 0 spiro atoms. The van der Waals surface area contributed by atoms with Crippen LogP contribution in [0.1, 0.15) is 16.8 Å². The third-order valence-corrected chi connectivity index (χ3v) is 4.18. The number of hydrogen-bond donors (Lipinski definition) is 1. The van der Waals surface area contributed by atoms with E-state index in [9.17, 15) is 4.79 Å². The first-order chi connectivity index (χ1) is 9.83. The molecule has 1 aliphatic rings. The normalized spacial score (nSPS) is 16.5. The summed E-state index contributed by atoms with van der Waals surface area (Å²) in [6, 6.07) is 11.4. The Morgan fingerprint density at radius 1 is 1.20 bits per heavy atom. The molecule has 0 unspecified atom stereocenters. The van der Waals surface area contributed by atoms with Crippen molar-refractivity contribution in [3.8, 4) is 5.69 Å². The number of carbonyl (C=O) groups excluding carboxylic acids is 1. The molecular formula is C15H15N3OS. The van der Waals surface area contributed by atoms with Gasteiger partial charge < -0.3 is 4.57 Å². The van der Waals surface area contributed by atoms with Crippen LogP contribution in [0.2, 0.25) is 0 Å². The first-order valence-corrected chi connectivity index (χ1v) is 7.65. The lowest BCUT2D eigenvalue weighted by molar-refractivity contribution is 0.0955. The van der Waals surface area contributed by atoms with Crippen LogP contribution < -0.4 is 5.43 Å². The van der Waals surface area contributed by atoms with E-state index in [1.165, 1.54) is 0 Å². The number of aromatic nitrogens is 1. The third kappa shape index (κ3) is 2.93. The Bertz CT molecular complexity index is 609. The molecule has 3 rings (SSSR count). The molecule has 20 heavy (non-hydrogen) atoms. The van der Waals surface area contributed by atoms with Crippen LogP contribution in [-0.4, -0.2) is 27.7 Å². The fourth-order valence-electron chi connectivity index (χ4n) is 2.03. The molecule has 1 aromatic carbocycles. The van der Waals surface area contributed by atoms with Crippen LogP contribution in [0.3, 0.4) is 0 Å². The molecule has 0 radical (unpaired) electrons. The predicted octanol–water partition coefficient (Wildman–Crippen LogP) is 2.70. The van der Waals surface area contributed by atoms with E-state index in [-0.39, 0.29) is 5.91 Å². The van der Waals surface area contributed by atoms with Crippen molar-refractivity contribution in [1.82, 2.24) is 9.99 Å². The minimum absolute atomic E-state index is 0.159. The number of nitrogens with one attached hydrogen (secondary N) is 1. The maximum absolute atomic E-state index is 12.0. The van der Waals surface area contributed by atoms with Crippen LogP contribution in [0.4, 0.5) is 0 Å². The zero-order chi connectivity index (χ0) is 13.8. The molecule has 1 aromatic heterocycles. The van der Waals surface area contributed by atoms with E-state index in [1.54, 1.807) is 0 Å². The molecule has 1 saturated heterocycles. The molecule has 0 bridgehead atoms. The predicted molar refractivity (Wildman–Crippen MR) is 82.6 cm³/mol. The number of benzene rings is 1. The van der Waals surface area contributed by atoms with Crippen molar-refractivity contribution in [2.75, 3.05) is 11.5 Å². The van der Waals surface area contributed by atoms with Gasteiger partial charge in [-0.25, -0.2) is 5.43 Å². The summed E-state index contributed by atoms with van der Waals surface area (Å²) < 4.78 is 2.00. The summed E-state index contributed by atoms with van der Waals surface area (Å²) >= 11 is 1.85. The second-order valence-corrected chi connectivity index (χ2v) is 5.66. The van der Waals surface area contributed by atoms with E-state index in [1.807, 2.05) is 65.1 Å². The van der Waals surface area contributed by atoms with E-state index in [0.717, 1.165) is 29.3 Å². The molecule has 1 aliphatic heterocycles. The molecule has 1 N–H and O–H groups in total. The summed E-state index contributed by atoms with van der Waals surface area (Å²) in [4.78, 5) is 12.0. The van der Waals surface area contributed by atoms with Gasteiger partial charge in [-0.15, -0.1) is 0 Å². The summed E-state index contributed by atoms with van der Waals surface area (Å²) in [6.45, 7) is 0. The standard InChI is InChI=1S/C15H15N3OS/c19-15(17-16-13-7-10-20-11-13)12-3-5-14(6-4-12)18-8-1-2-9-18/h1-6,8-9H,7,10-11H2,(H,17,19)/b16-13-. The average molecular weight is 285 g/mol. The zero-order valence-electron chi connectivity index (χ0n) is 11.0. The van der Waals surface area contributed by atoms with Crippen LogP contribution in [0.5, 0.6) is 0 Å². The maximum atomic E-state index is 12.0. The topological polar surface area (TPSA) is 46.4 Å². The van der Waals surface area contributed by atoms with Crippen molar-refractivity contribution in [2.45, 2.75) is 6.42 Å². The quantitative estimate of drug-likeness (QED) is 0.881. The summed E-state index contributed by atoms with van der Waals surface area (Å²) in [5.74, 6) is 1.86. The van der Waals surface area contributed by atoms with Crippen LogP contribution in [0, 0.1) is 0 Å². The highest BCUT2D eigenvalue weighted by molar-refractivity contribution is 8.00. The number of hydrogen-bond acceptors (Lipinski definition) is 3. The van der Waals surface area contributed by atoms with Crippen molar-refractivity contribution < 1.29 is 4.79 Å². The average Bonchev–Trinajstić information content (AvgIpc) is 3.18. The third-order valence-electron chi connectivity index (χ3n) is 3.15. The number of nitrogens with zero attached hydrogens (tertiary/aromatic N) is 2. The first kappa shape index (κ1) is 13.0. The number of thioether (sulfide) groups is 1. The molecule has 5 heteroatoms. The molecule has 0 saturated carbocycles. The molecule has 4 nitrogen and oxygen atoms in total. The van der Waals surface area contributed by atoms with Gasteiger partial charge in [0.05, 0.1) is 0 Å². The van der Waals surface area contributed by atoms with Crippen LogP contribution in [0.25, 0.3) is 5.69 Å². The first-order valence-electron chi connectivity index (χ1n) is 6.50. The fourth-order valence-corrected chi connectivity index (χ4v) is 3.00. The van der Waals surface area contributed by atoms with Crippen LogP contribution >= 0.6 is 11.8 Å². The smallest absolute Gasteiger partial charge is 0.271 e. The largest absolute Gasteiger partial charge is 0.324 e. The summed E-state index contributed by atoms with van der Waals surface area (Å²) in [5, 5.41) is 4.16. The number of hydrazone groups is 1. The van der Waals surface area contributed by atoms with Crippen molar-refractivity contribution in [1.29, 1.82) is 0 Å². The van der Waals surface area contributed by atoms with Crippen LogP contribution in [0.15, 0.2) is 53.9 Å². The lowest BCUT2D eigenvalue weighted by Gasteiger charge is -2.05. The second kappa shape index (κ2) is 5.96. The minimum atomic E-state index is -0.159. The van der Waals surface area contributed by atoms with Gasteiger partial charge in [-0.3, -0.25) is 4.79 Å². The van der Waals surface area contributed by atoms with Gasteiger partial charge in [0, 0.05) is 35.1 Å². The van der Waals surface area contributed by atoms with Crippen LogP contribution in [-0.2, 0) is 0 Å². The van der Waals surface area contributed by atoms with Gasteiger partial charge in [-0.05, 0) is 48.6 Å². The van der Waals surface area contributed by atoms with E-state index < -0.39 is 0 Å². The Balaban J connectivity index is 1.68. The van der Waals surface area contributed by atoms with Gasteiger partial charge >= 0.3 is 0 Å². The molecule has 2 aromatic rings. The number of rotatable bonds is 3. The Kier molecular flexibility index (Phi) is 3.87. The highest BCUT2D eigenvalue weighted by Crippen LogP contribution is 2.14. The van der Waals surface area contributed by atoms with Gasteiger partial charge in [0.2, 0.25) is 0 Å².